The largest absolute Gasteiger partial charge is 0.465 e. The van der Waals surface area contributed by atoms with Crippen molar-refractivity contribution in [3.8, 4) is 0 Å². The molecule has 0 radical (unpaired) electrons. The van der Waals surface area contributed by atoms with Crippen molar-refractivity contribution in [2.45, 2.75) is 6.42 Å². The van der Waals surface area contributed by atoms with Gasteiger partial charge in [-0.2, -0.15) is 0 Å². The predicted octanol–water partition coefficient (Wildman–Crippen LogP) is 1.46. The second-order valence-corrected chi connectivity index (χ2v) is 8.03. The maximum atomic E-state index is 12.9. The van der Waals surface area contributed by atoms with Gasteiger partial charge in [0.05, 0.1) is 24.5 Å². The minimum atomic E-state index is -0.463. The van der Waals surface area contributed by atoms with E-state index in [4.69, 9.17) is 0 Å². The van der Waals surface area contributed by atoms with Crippen LogP contribution < -0.4 is 5.32 Å². The van der Waals surface area contributed by atoms with Gasteiger partial charge in [-0.3, -0.25) is 19.3 Å². The molecule has 0 aromatic heterocycles. The third kappa shape index (κ3) is 2.42. The average Bonchev–Trinajstić information content (AvgIpc) is 3.49. The molecule has 2 bridgehead atoms. The van der Waals surface area contributed by atoms with Crippen molar-refractivity contribution in [2.24, 2.45) is 35.5 Å². The molecule has 6 rings (SSSR count). The first-order valence-electron chi connectivity index (χ1n) is 9.51. The fraction of sp³-hybridized carbons (Fsp3) is 0.429. The van der Waals surface area contributed by atoms with E-state index in [9.17, 15) is 19.2 Å². The second-order valence-electron chi connectivity index (χ2n) is 8.03. The Morgan fingerprint density at radius 3 is 2.14 bits per heavy atom. The van der Waals surface area contributed by atoms with E-state index < -0.39 is 11.9 Å². The third-order valence-corrected chi connectivity index (χ3v) is 6.65. The maximum Gasteiger partial charge on any atom is 0.337 e. The zero-order chi connectivity index (χ0) is 19.6. The Bertz CT molecular complexity index is 885. The fourth-order valence-corrected chi connectivity index (χ4v) is 5.33. The van der Waals surface area contributed by atoms with Crippen molar-refractivity contribution >= 4 is 29.4 Å². The number of imide groups is 1. The van der Waals surface area contributed by atoms with E-state index in [1.165, 1.54) is 19.2 Å². The first-order chi connectivity index (χ1) is 13.5. The molecule has 1 N–H and O–H groups in total. The van der Waals surface area contributed by atoms with E-state index in [1.54, 1.807) is 12.1 Å². The van der Waals surface area contributed by atoms with Gasteiger partial charge in [-0.15, -0.1) is 0 Å². The Kier molecular flexibility index (Phi) is 3.69. The van der Waals surface area contributed by atoms with Crippen LogP contribution in [0.5, 0.6) is 0 Å². The normalized spacial score (nSPS) is 34.1. The summed E-state index contributed by atoms with van der Waals surface area (Å²) < 4.78 is 4.64. The summed E-state index contributed by atoms with van der Waals surface area (Å²) >= 11 is 0. The highest BCUT2D eigenvalue weighted by atomic mass is 16.5. The summed E-state index contributed by atoms with van der Waals surface area (Å²) in [6.07, 6.45) is 5.33. The van der Waals surface area contributed by atoms with Crippen LogP contribution in [0.4, 0.5) is 5.69 Å². The molecule has 6 atom stereocenters. The molecule has 1 saturated heterocycles. The average molecular weight is 380 g/mol. The molecule has 7 nitrogen and oxygen atoms in total. The standard InChI is InChI=1S/C21H20N2O5/c1-28-21(27)10-2-4-11(5-3-10)22-16(24)9-23-19(25)17-12-6-7-13(15-8-14(12)15)18(17)20(23)26/h2-7,12-15,17-18H,8-9H2,1H3,(H,22,24)/t12-,13-,14-,15-,17+,18+/m1/s1. The molecule has 2 saturated carbocycles. The number of esters is 1. The lowest BCUT2D eigenvalue weighted by molar-refractivity contribution is -0.142. The van der Waals surface area contributed by atoms with Gasteiger partial charge in [0.1, 0.15) is 6.54 Å². The topological polar surface area (TPSA) is 92.8 Å². The summed E-state index contributed by atoms with van der Waals surface area (Å²) in [6.45, 7) is -0.280. The lowest BCUT2D eigenvalue weighted by Gasteiger charge is -2.37. The first-order valence-corrected chi connectivity index (χ1v) is 9.51. The molecular weight excluding hydrogens is 360 g/mol. The number of nitrogens with zero attached hydrogens (tertiary/aromatic N) is 1. The molecule has 7 heteroatoms. The van der Waals surface area contributed by atoms with Crippen LogP contribution in [-0.4, -0.2) is 42.2 Å². The molecule has 1 aliphatic heterocycles. The zero-order valence-corrected chi connectivity index (χ0v) is 15.3. The summed E-state index contributed by atoms with van der Waals surface area (Å²) in [4.78, 5) is 50.8. The molecule has 1 aromatic carbocycles. The van der Waals surface area contributed by atoms with Gasteiger partial charge in [-0.1, -0.05) is 12.2 Å². The van der Waals surface area contributed by atoms with Gasteiger partial charge in [0.25, 0.3) is 0 Å². The Morgan fingerprint density at radius 1 is 1.04 bits per heavy atom. The van der Waals surface area contributed by atoms with Crippen LogP contribution in [0.2, 0.25) is 0 Å². The number of hydrogen-bond acceptors (Lipinski definition) is 5. The number of benzene rings is 1. The van der Waals surface area contributed by atoms with Crippen LogP contribution in [0, 0.1) is 35.5 Å². The van der Waals surface area contributed by atoms with Crippen LogP contribution in [0.25, 0.3) is 0 Å². The lowest BCUT2D eigenvalue weighted by Crippen LogP contribution is -2.40. The number of anilines is 1. The van der Waals surface area contributed by atoms with E-state index in [2.05, 4.69) is 22.2 Å². The molecule has 5 aliphatic rings. The molecule has 144 valence electrons. The summed E-state index contributed by atoms with van der Waals surface area (Å²) in [5, 5.41) is 2.68. The quantitative estimate of drug-likeness (QED) is 0.485. The zero-order valence-electron chi connectivity index (χ0n) is 15.3. The SMILES string of the molecule is COC(=O)c1ccc(NC(=O)CN2C(=O)[C@H]3[C@@H]4C=C[C@H]([C@H]5C[C@H]45)[C@@H]3C2=O)cc1. The minimum absolute atomic E-state index is 0.148. The number of ether oxygens (including phenoxy) is 1. The van der Waals surface area contributed by atoms with E-state index in [0.29, 0.717) is 23.1 Å². The molecule has 1 aromatic rings. The van der Waals surface area contributed by atoms with Gasteiger partial charge in [0.2, 0.25) is 17.7 Å². The van der Waals surface area contributed by atoms with Crippen molar-refractivity contribution in [1.82, 2.24) is 4.90 Å². The third-order valence-electron chi connectivity index (χ3n) is 6.65. The van der Waals surface area contributed by atoms with Gasteiger partial charge in [-0.25, -0.2) is 4.79 Å². The van der Waals surface area contributed by atoms with Gasteiger partial charge in [0.15, 0.2) is 0 Å². The van der Waals surface area contributed by atoms with Crippen LogP contribution >= 0.6 is 0 Å². The van der Waals surface area contributed by atoms with Crippen molar-refractivity contribution in [1.29, 1.82) is 0 Å². The molecule has 1 heterocycles. The number of methoxy groups -OCH3 is 1. The molecule has 0 unspecified atom stereocenters. The Hall–Kier alpha value is -2.96. The monoisotopic (exact) mass is 380 g/mol. The minimum Gasteiger partial charge on any atom is -0.465 e. The Morgan fingerprint density at radius 2 is 1.61 bits per heavy atom. The summed E-state index contributed by atoms with van der Waals surface area (Å²) in [7, 11) is 1.30. The van der Waals surface area contributed by atoms with Gasteiger partial charge in [0, 0.05) is 5.69 Å². The number of hydrogen-bond donors (Lipinski definition) is 1. The van der Waals surface area contributed by atoms with Gasteiger partial charge < -0.3 is 10.1 Å². The molecule has 3 amide bonds. The van der Waals surface area contributed by atoms with Crippen molar-refractivity contribution in [3.63, 3.8) is 0 Å². The first kappa shape index (κ1) is 17.2. The summed E-state index contributed by atoms with van der Waals surface area (Å²) in [6, 6.07) is 6.24. The molecule has 4 aliphatic carbocycles. The molecule has 0 spiro atoms. The lowest BCUT2D eigenvalue weighted by atomic mass is 9.63. The Labute approximate surface area is 161 Å². The highest BCUT2D eigenvalue weighted by Crippen LogP contribution is 2.65. The summed E-state index contributed by atoms with van der Waals surface area (Å²) in [5.74, 6) is -0.536. The number of rotatable bonds is 4. The number of nitrogens with one attached hydrogen (secondary N) is 1. The van der Waals surface area contributed by atoms with Crippen molar-refractivity contribution in [2.75, 3.05) is 19.0 Å². The van der Waals surface area contributed by atoms with Gasteiger partial charge in [-0.05, 0) is 54.4 Å². The number of likely N-dealkylation sites (tertiary alicyclic amines) is 1. The number of amides is 3. The number of carbonyl (C=O) groups is 4. The summed E-state index contributed by atoms with van der Waals surface area (Å²) in [5.41, 5.74) is 0.855. The predicted molar refractivity (Wildman–Crippen MR) is 97.8 cm³/mol. The van der Waals surface area contributed by atoms with Crippen molar-refractivity contribution < 1.29 is 23.9 Å². The smallest absolute Gasteiger partial charge is 0.337 e. The fourth-order valence-electron chi connectivity index (χ4n) is 5.33. The number of allylic oxidation sites excluding steroid dienone is 2. The van der Waals surface area contributed by atoms with E-state index in [1.807, 2.05) is 0 Å². The molecule has 28 heavy (non-hydrogen) atoms. The van der Waals surface area contributed by atoms with E-state index >= 15 is 0 Å². The van der Waals surface area contributed by atoms with E-state index in [-0.39, 0.29) is 42.0 Å². The van der Waals surface area contributed by atoms with Gasteiger partial charge >= 0.3 is 5.97 Å². The highest BCUT2D eigenvalue weighted by molar-refractivity contribution is 6.09. The van der Waals surface area contributed by atoms with Crippen LogP contribution in [-0.2, 0) is 19.1 Å². The van der Waals surface area contributed by atoms with Crippen molar-refractivity contribution in [3.05, 3.63) is 42.0 Å². The molecule has 3 fully saturated rings. The Balaban J connectivity index is 1.27. The van der Waals surface area contributed by atoms with Crippen LogP contribution in [0.3, 0.4) is 0 Å². The van der Waals surface area contributed by atoms with E-state index in [0.717, 1.165) is 11.3 Å². The second kappa shape index (κ2) is 6.02. The van der Waals surface area contributed by atoms with Crippen LogP contribution in [0.15, 0.2) is 36.4 Å². The number of carbonyl (C=O) groups excluding carboxylic acids is 4. The molecular formula is C21H20N2O5. The van der Waals surface area contributed by atoms with Crippen LogP contribution in [0.1, 0.15) is 16.8 Å². The maximum absolute atomic E-state index is 12.9. The highest BCUT2D eigenvalue weighted by Gasteiger charge is 2.67.